The van der Waals surface area contributed by atoms with Gasteiger partial charge in [0, 0.05) is 38.6 Å². The first kappa shape index (κ1) is 18.2. The molecule has 1 aromatic carbocycles. The average Bonchev–Trinajstić information content (AvgIpc) is 3.01. The van der Waals surface area contributed by atoms with Gasteiger partial charge >= 0.3 is 0 Å². The van der Waals surface area contributed by atoms with Crippen LogP contribution in [0.2, 0.25) is 0 Å². The molecular formula is C23H32N4O. The van der Waals surface area contributed by atoms with E-state index in [1.165, 1.54) is 18.4 Å². The number of rotatable bonds is 4. The highest BCUT2D eigenvalue weighted by Crippen LogP contribution is 2.43. The van der Waals surface area contributed by atoms with Crippen LogP contribution in [-0.4, -0.2) is 50.4 Å². The Morgan fingerprint density at radius 1 is 1.18 bits per heavy atom. The van der Waals surface area contributed by atoms with Crippen LogP contribution in [0.15, 0.2) is 24.3 Å². The Balaban J connectivity index is 1.40. The van der Waals surface area contributed by atoms with E-state index in [0.717, 1.165) is 56.7 Å². The van der Waals surface area contributed by atoms with Gasteiger partial charge in [0.2, 0.25) is 5.91 Å². The summed E-state index contributed by atoms with van der Waals surface area (Å²) in [5.74, 6) is 2.83. The largest absolute Gasteiger partial charge is 0.336 e. The Morgan fingerprint density at radius 2 is 2.00 bits per heavy atom. The summed E-state index contributed by atoms with van der Waals surface area (Å²) in [5, 5.41) is 0. The second-order valence-corrected chi connectivity index (χ2v) is 9.14. The van der Waals surface area contributed by atoms with E-state index >= 15 is 0 Å². The van der Waals surface area contributed by atoms with Gasteiger partial charge < -0.3 is 9.47 Å². The van der Waals surface area contributed by atoms with E-state index in [9.17, 15) is 4.79 Å². The third-order valence-corrected chi connectivity index (χ3v) is 7.40. The Bertz CT molecular complexity index is 875. The van der Waals surface area contributed by atoms with E-state index in [4.69, 9.17) is 4.98 Å². The van der Waals surface area contributed by atoms with Crippen LogP contribution in [0, 0.1) is 11.8 Å². The summed E-state index contributed by atoms with van der Waals surface area (Å²) in [6.45, 7) is 5.38. The lowest BCUT2D eigenvalue weighted by Gasteiger charge is -2.56. The maximum Gasteiger partial charge on any atom is 0.223 e. The molecule has 5 rings (SSSR count). The molecule has 0 N–H and O–H groups in total. The zero-order chi connectivity index (χ0) is 19.3. The van der Waals surface area contributed by atoms with Crippen molar-refractivity contribution in [3.05, 3.63) is 30.1 Å². The van der Waals surface area contributed by atoms with Crippen molar-refractivity contribution in [3.8, 4) is 0 Å². The van der Waals surface area contributed by atoms with Crippen LogP contribution in [0.1, 0.15) is 51.3 Å². The lowest BCUT2D eigenvalue weighted by Crippen LogP contribution is -2.64. The number of benzene rings is 1. The van der Waals surface area contributed by atoms with Crippen molar-refractivity contribution in [2.24, 2.45) is 18.9 Å². The second kappa shape index (κ2) is 7.18. The monoisotopic (exact) mass is 380 g/mol. The van der Waals surface area contributed by atoms with Crippen molar-refractivity contribution in [3.63, 3.8) is 0 Å². The smallest absolute Gasteiger partial charge is 0.223 e. The summed E-state index contributed by atoms with van der Waals surface area (Å²) in [4.78, 5) is 22.6. The molecule has 3 saturated heterocycles. The Hall–Kier alpha value is -1.88. The van der Waals surface area contributed by atoms with Crippen LogP contribution < -0.4 is 0 Å². The Labute approximate surface area is 167 Å². The quantitative estimate of drug-likeness (QED) is 0.814. The van der Waals surface area contributed by atoms with Crippen molar-refractivity contribution >= 4 is 16.9 Å². The zero-order valence-electron chi connectivity index (χ0n) is 17.2. The molecule has 28 heavy (non-hydrogen) atoms. The minimum absolute atomic E-state index is 0.424. The normalized spacial score (nSPS) is 30.6. The third kappa shape index (κ3) is 2.95. The number of likely N-dealkylation sites (tertiary alicyclic amines) is 1. The van der Waals surface area contributed by atoms with Crippen LogP contribution in [0.4, 0.5) is 0 Å². The topological polar surface area (TPSA) is 41.4 Å². The lowest BCUT2D eigenvalue weighted by atomic mass is 9.71. The number of piperidine rings is 3. The summed E-state index contributed by atoms with van der Waals surface area (Å²) >= 11 is 0. The second-order valence-electron chi connectivity index (χ2n) is 9.14. The van der Waals surface area contributed by atoms with Crippen molar-refractivity contribution in [2.75, 3.05) is 13.1 Å². The molecule has 1 amide bonds. The van der Waals surface area contributed by atoms with Gasteiger partial charge in [-0.25, -0.2) is 4.98 Å². The molecule has 0 radical (unpaired) electrons. The molecule has 3 fully saturated rings. The van der Waals surface area contributed by atoms with E-state index in [1.807, 2.05) is 0 Å². The number of imidazole rings is 1. The molecule has 5 heteroatoms. The number of hydrogen-bond acceptors (Lipinski definition) is 3. The molecule has 0 spiro atoms. The Kier molecular flexibility index (Phi) is 4.66. The number of carbonyl (C=O) groups is 1. The van der Waals surface area contributed by atoms with Crippen molar-refractivity contribution in [1.29, 1.82) is 0 Å². The number of hydrogen-bond donors (Lipinski definition) is 0. The number of nitrogens with zero attached hydrogens (tertiary/aromatic N) is 4. The fraction of sp³-hybridized carbons (Fsp3) is 0.652. The van der Waals surface area contributed by atoms with E-state index in [0.29, 0.717) is 29.8 Å². The molecule has 3 aliphatic rings. The molecule has 2 aromatic rings. The first-order chi connectivity index (χ1) is 13.7. The Morgan fingerprint density at radius 3 is 2.82 bits per heavy atom. The molecule has 4 heterocycles. The summed E-state index contributed by atoms with van der Waals surface area (Å²) in [7, 11) is 2.14. The predicted octanol–water partition coefficient (Wildman–Crippen LogP) is 3.57. The lowest BCUT2D eigenvalue weighted by molar-refractivity contribution is -0.153. The van der Waals surface area contributed by atoms with Gasteiger partial charge in [-0.05, 0) is 49.7 Å². The minimum atomic E-state index is 0.424. The van der Waals surface area contributed by atoms with Gasteiger partial charge in [-0.3, -0.25) is 9.69 Å². The van der Waals surface area contributed by atoms with E-state index < -0.39 is 0 Å². The van der Waals surface area contributed by atoms with Crippen molar-refractivity contribution in [2.45, 2.75) is 64.1 Å². The van der Waals surface area contributed by atoms with Gasteiger partial charge in [0.05, 0.1) is 17.6 Å². The molecule has 2 bridgehead atoms. The van der Waals surface area contributed by atoms with Crippen LogP contribution in [-0.2, 0) is 18.4 Å². The molecule has 150 valence electrons. The summed E-state index contributed by atoms with van der Waals surface area (Å²) in [6.07, 6.45) is 6.65. The summed E-state index contributed by atoms with van der Waals surface area (Å²) in [6, 6.07) is 9.32. The first-order valence-electron chi connectivity index (χ1n) is 11.1. The molecule has 5 nitrogen and oxygen atoms in total. The van der Waals surface area contributed by atoms with Crippen molar-refractivity contribution < 1.29 is 4.79 Å². The fourth-order valence-electron chi connectivity index (χ4n) is 6.21. The number of amides is 1. The fourth-order valence-corrected chi connectivity index (χ4v) is 6.21. The summed E-state index contributed by atoms with van der Waals surface area (Å²) < 4.78 is 2.25. The molecule has 4 atom stereocenters. The van der Waals surface area contributed by atoms with Gasteiger partial charge in [-0.2, -0.15) is 0 Å². The number of para-hydroxylation sites is 2. The van der Waals surface area contributed by atoms with Crippen LogP contribution >= 0.6 is 0 Å². The van der Waals surface area contributed by atoms with Gasteiger partial charge in [0.15, 0.2) is 0 Å². The number of aryl methyl sites for hydroxylation is 1. The van der Waals surface area contributed by atoms with Gasteiger partial charge in [0.1, 0.15) is 5.82 Å². The van der Waals surface area contributed by atoms with Gasteiger partial charge in [-0.15, -0.1) is 0 Å². The maximum absolute atomic E-state index is 12.8. The highest BCUT2D eigenvalue weighted by atomic mass is 16.2. The van der Waals surface area contributed by atoms with E-state index in [1.54, 1.807) is 0 Å². The first-order valence-corrected chi connectivity index (χ1v) is 11.1. The highest BCUT2D eigenvalue weighted by molar-refractivity contribution is 5.78. The highest BCUT2D eigenvalue weighted by Gasteiger charge is 2.48. The summed E-state index contributed by atoms with van der Waals surface area (Å²) in [5.41, 5.74) is 2.30. The maximum atomic E-state index is 12.8. The third-order valence-electron chi connectivity index (χ3n) is 7.40. The van der Waals surface area contributed by atoms with Gasteiger partial charge in [0.25, 0.3) is 0 Å². The van der Waals surface area contributed by atoms with Crippen molar-refractivity contribution in [1.82, 2.24) is 19.4 Å². The van der Waals surface area contributed by atoms with Crippen LogP contribution in [0.3, 0.4) is 0 Å². The molecule has 0 aliphatic carbocycles. The minimum Gasteiger partial charge on any atom is -0.336 e. The van der Waals surface area contributed by atoms with E-state index in [-0.39, 0.29) is 0 Å². The number of carbonyl (C=O) groups excluding carboxylic acids is 1. The van der Waals surface area contributed by atoms with Crippen LogP contribution in [0.5, 0.6) is 0 Å². The van der Waals surface area contributed by atoms with Crippen LogP contribution in [0.25, 0.3) is 11.0 Å². The zero-order valence-corrected chi connectivity index (χ0v) is 17.2. The standard InChI is InChI=1S/C23H32N4O/c1-3-7-19-16-12-17(20-10-6-11-23(28)27(19)20)14-26(13-16)15-22-24-18-8-4-5-9-21(18)25(22)2/h4-5,8-9,16-17,19-20H,3,6-7,10-15H2,1-2H3/t16-,17+,19-,20-/m0/s1. The average molecular weight is 381 g/mol. The predicted molar refractivity (Wildman–Crippen MR) is 111 cm³/mol. The number of fused-ring (bicyclic) bond motifs is 5. The SMILES string of the molecule is CCC[C@H]1[C@H]2C[C@H](CN(Cc3nc4ccccc4n3C)C2)[C@@H]2CCCC(=O)N21. The van der Waals surface area contributed by atoms with Gasteiger partial charge in [-0.1, -0.05) is 25.5 Å². The van der Waals surface area contributed by atoms with E-state index in [2.05, 4.69) is 52.6 Å². The molecule has 0 unspecified atom stereocenters. The molecule has 1 aromatic heterocycles. The molecular weight excluding hydrogens is 348 g/mol. The molecule has 0 saturated carbocycles. The number of aromatic nitrogens is 2. The molecule has 3 aliphatic heterocycles.